The highest BCUT2D eigenvalue weighted by Crippen LogP contribution is 2.27. The molecule has 3 aromatic rings. The van der Waals surface area contributed by atoms with E-state index in [-0.39, 0.29) is 13.2 Å². The molecule has 0 spiro atoms. The zero-order valence-electron chi connectivity index (χ0n) is 17.5. The zero-order chi connectivity index (χ0) is 21.1. The van der Waals surface area contributed by atoms with Gasteiger partial charge in [-0.15, -0.1) is 0 Å². The maximum Gasteiger partial charge on any atom is 0.344 e. The highest BCUT2D eigenvalue weighted by Gasteiger charge is 2.13. The lowest BCUT2D eigenvalue weighted by atomic mass is 9.95. The molecular weight excluding hydrogens is 368 g/mol. The first-order valence-electron chi connectivity index (χ1n) is 9.67. The maximum absolute atomic E-state index is 12.2. The molecule has 0 amide bonds. The number of esters is 1. The number of carbonyl (C=O) groups is 1. The van der Waals surface area contributed by atoms with Crippen LogP contribution in [-0.4, -0.2) is 12.6 Å². The average Bonchev–Trinajstić information content (AvgIpc) is 2.62. The number of benzene rings is 2. The fourth-order valence-corrected chi connectivity index (χ4v) is 3.49. The van der Waals surface area contributed by atoms with Crippen molar-refractivity contribution in [3.05, 3.63) is 74.6 Å². The van der Waals surface area contributed by atoms with E-state index in [1.807, 2.05) is 51.1 Å². The average molecular weight is 394 g/mol. The molecule has 5 heteroatoms. The summed E-state index contributed by atoms with van der Waals surface area (Å²) in [5.41, 5.74) is 5.00. The van der Waals surface area contributed by atoms with E-state index >= 15 is 0 Å². The predicted octanol–water partition coefficient (Wildman–Crippen LogP) is 4.96. The molecule has 29 heavy (non-hydrogen) atoms. The van der Waals surface area contributed by atoms with Gasteiger partial charge in [-0.05, 0) is 73.2 Å². The standard InChI is InChI=1S/C24H26O5/c1-14(2)20-11-21-18(10-23(25)29-22(21)9-17(20)5)12-28-24(26)13-27-19-7-15(3)6-16(4)8-19/h6-11,14H,12-13H2,1-5H3. The molecule has 0 saturated heterocycles. The van der Waals surface area contributed by atoms with E-state index in [0.29, 0.717) is 22.8 Å². The summed E-state index contributed by atoms with van der Waals surface area (Å²) in [6.45, 7) is 9.94. The van der Waals surface area contributed by atoms with Crippen molar-refractivity contribution in [2.24, 2.45) is 0 Å². The second-order valence-electron chi connectivity index (χ2n) is 7.72. The Hall–Kier alpha value is -3.08. The summed E-state index contributed by atoms with van der Waals surface area (Å²) in [5, 5.41) is 0.780. The van der Waals surface area contributed by atoms with Gasteiger partial charge in [0, 0.05) is 17.0 Å². The van der Waals surface area contributed by atoms with Crippen LogP contribution in [0.5, 0.6) is 5.75 Å². The van der Waals surface area contributed by atoms with Gasteiger partial charge in [0.1, 0.15) is 17.9 Å². The topological polar surface area (TPSA) is 65.7 Å². The van der Waals surface area contributed by atoms with Crippen LogP contribution in [0.25, 0.3) is 11.0 Å². The van der Waals surface area contributed by atoms with E-state index in [1.54, 1.807) is 0 Å². The van der Waals surface area contributed by atoms with Crippen molar-refractivity contribution in [3.63, 3.8) is 0 Å². The van der Waals surface area contributed by atoms with Crippen molar-refractivity contribution in [3.8, 4) is 5.75 Å². The maximum atomic E-state index is 12.2. The molecule has 0 fully saturated rings. The smallest absolute Gasteiger partial charge is 0.344 e. The van der Waals surface area contributed by atoms with E-state index in [2.05, 4.69) is 13.8 Å². The molecule has 0 aliphatic heterocycles. The number of hydrogen-bond acceptors (Lipinski definition) is 5. The van der Waals surface area contributed by atoms with Crippen LogP contribution >= 0.6 is 0 Å². The molecule has 0 aliphatic rings. The first-order valence-corrected chi connectivity index (χ1v) is 9.67. The molecule has 0 N–H and O–H groups in total. The van der Waals surface area contributed by atoms with E-state index in [1.165, 1.54) is 6.07 Å². The summed E-state index contributed by atoms with van der Waals surface area (Å²) in [7, 11) is 0. The number of ether oxygens (including phenoxy) is 2. The first kappa shape index (κ1) is 20.6. The summed E-state index contributed by atoms with van der Waals surface area (Å²) >= 11 is 0. The van der Waals surface area contributed by atoms with Crippen molar-refractivity contribution in [2.45, 2.75) is 47.1 Å². The van der Waals surface area contributed by atoms with Crippen LogP contribution in [-0.2, 0) is 16.1 Å². The van der Waals surface area contributed by atoms with Crippen LogP contribution < -0.4 is 10.4 Å². The van der Waals surface area contributed by atoms with Crippen LogP contribution in [0.4, 0.5) is 0 Å². The largest absolute Gasteiger partial charge is 0.482 e. The third kappa shape index (κ3) is 5.05. The molecule has 3 rings (SSSR count). The molecule has 1 aromatic heterocycles. The van der Waals surface area contributed by atoms with E-state index in [0.717, 1.165) is 27.6 Å². The van der Waals surface area contributed by atoms with Crippen LogP contribution in [0.1, 0.15) is 47.6 Å². The first-order chi connectivity index (χ1) is 13.7. The Morgan fingerprint density at radius 2 is 1.69 bits per heavy atom. The Bertz CT molecular complexity index is 1090. The minimum atomic E-state index is -0.498. The van der Waals surface area contributed by atoms with Crippen LogP contribution in [0.2, 0.25) is 0 Å². The van der Waals surface area contributed by atoms with Gasteiger partial charge in [-0.2, -0.15) is 0 Å². The lowest BCUT2D eigenvalue weighted by Gasteiger charge is -2.13. The lowest BCUT2D eigenvalue weighted by Crippen LogP contribution is -2.15. The highest BCUT2D eigenvalue weighted by atomic mass is 16.6. The molecular formula is C24H26O5. The van der Waals surface area contributed by atoms with Crippen molar-refractivity contribution < 1.29 is 18.7 Å². The number of aryl methyl sites for hydroxylation is 3. The van der Waals surface area contributed by atoms with E-state index in [9.17, 15) is 9.59 Å². The highest BCUT2D eigenvalue weighted by molar-refractivity contribution is 5.82. The summed E-state index contributed by atoms with van der Waals surface area (Å²) in [6, 6.07) is 11.0. The summed E-state index contributed by atoms with van der Waals surface area (Å²) < 4.78 is 16.2. The number of carbonyl (C=O) groups excluding carboxylic acids is 1. The van der Waals surface area contributed by atoms with Gasteiger partial charge in [0.2, 0.25) is 0 Å². The van der Waals surface area contributed by atoms with Crippen LogP contribution in [0.15, 0.2) is 45.6 Å². The summed E-state index contributed by atoms with van der Waals surface area (Å²) in [6.07, 6.45) is 0. The molecule has 0 radical (unpaired) electrons. The van der Waals surface area contributed by atoms with Crippen molar-refractivity contribution in [1.29, 1.82) is 0 Å². The molecule has 2 aromatic carbocycles. The molecule has 0 atom stereocenters. The van der Waals surface area contributed by atoms with Gasteiger partial charge < -0.3 is 13.9 Å². The van der Waals surface area contributed by atoms with Crippen molar-refractivity contribution in [2.75, 3.05) is 6.61 Å². The third-order valence-electron chi connectivity index (χ3n) is 4.78. The fraction of sp³-hybridized carbons (Fsp3) is 0.333. The molecule has 0 aliphatic carbocycles. The summed E-state index contributed by atoms with van der Waals surface area (Å²) in [5.74, 6) is 0.456. The van der Waals surface area contributed by atoms with Gasteiger partial charge in [-0.1, -0.05) is 19.9 Å². The lowest BCUT2D eigenvalue weighted by molar-refractivity contribution is -0.147. The molecule has 0 saturated carbocycles. The second-order valence-corrected chi connectivity index (χ2v) is 7.72. The van der Waals surface area contributed by atoms with Crippen molar-refractivity contribution in [1.82, 2.24) is 0 Å². The number of rotatable bonds is 6. The third-order valence-corrected chi connectivity index (χ3v) is 4.78. The Kier molecular flexibility index (Phi) is 6.06. The predicted molar refractivity (Wildman–Crippen MR) is 113 cm³/mol. The molecule has 0 unspecified atom stereocenters. The Morgan fingerprint density at radius 3 is 2.34 bits per heavy atom. The minimum Gasteiger partial charge on any atom is -0.482 e. The summed E-state index contributed by atoms with van der Waals surface area (Å²) in [4.78, 5) is 24.1. The van der Waals surface area contributed by atoms with Gasteiger partial charge >= 0.3 is 11.6 Å². The molecule has 1 heterocycles. The van der Waals surface area contributed by atoms with Crippen LogP contribution in [0, 0.1) is 20.8 Å². The van der Waals surface area contributed by atoms with E-state index in [4.69, 9.17) is 13.9 Å². The van der Waals surface area contributed by atoms with Gasteiger partial charge in [0.25, 0.3) is 0 Å². The fourth-order valence-electron chi connectivity index (χ4n) is 3.49. The molecule has 0 bridgehead atoms. The Balaban J connectivity index is 1.74. The quantitative estimate of drug-likeness (QED) is 0.436. The minimum absolute atomic E-state index is 0.0161. The van der Waals surface area contributed by atoms with Crippen molar-refractivity contribution >= 4 is 16.9 Å². The normalized spacial score (nSPS) is 11.1. The molecule has 152 valence electrons. The Labute approximate surface area is 170 Å². The molecule has 5 nitrogen and oxygen atoms in total. The van der Waals surface area contributed by atoms with Gasteiger partial charge in [0.15, 0.2) is 6.61 Å². The van der Waals surface area contributed by atoms with E-state index < -0.39 is 11.6 Å². The van der Waals surface area contributed by atoms with Gasteiger partial charge in [-0.3, -0.25) is 0 Å². The Morgan fingerprint density at radius 1 is 1.00 bits per heavy atom. The second kappa shape index (κ2) is 8.52. The zero-order valence-corrected chi connectivity index (χ0v) is 17.5. The SMILES string of the molecule is Cc1cc(C)cc(OCC(=O)OCc2cc(=O)oc3cc(C)c(C(C)C)cc23)c1. The monoisotopic (exact) mass is 394 g/mol. The van der Waals surface area contributed by atoms with Crippen LogP contribution in [0.3, 0.4) is 0 Å². The van der Waals surface area contributed by atoms with Gasteiger partial charge in [0.05, 0.1) is 0 Å². The number of hydrogen-bond donors (Lipinski definition) is 0. The number of fused-ring (bicyclic) bond motifs is 1. The van der Waals surface area contributed by atoms with Gasteiger partial charge in [-0.25, -0.2) is 9.59 Å².